The molecule has 4 N–H and O–H groups in total. The van der Waals surface area contributed by atoms with Crippen LogP contribution in [0.4, 0.5) is 0 Å². The van der Waals surface area contributed by atoms with Crippen molar-refractivity contribution in [3.63, 3.8) is 0 Å². The zero-order valence-electron chi connectivity index (χ0n) is 11.2. The quantitative estimate of drug-likeness (QED) is 0.314. The molecule has 1 amide bonds. The molecule has 0 spiro atoms. The van der Waals surface area contributed by atoms with E-state index in [-0.39, 0.29) is 11.7 Å². The molecule has 0 atom stereocenters. The molecule has 0 bridgehead atoms. The second-order valence-corrected chi connectivity index (χ2v) is 5.02. The fourth-order valence-electron chi connectivity index (χ4n) is 2.39. The molecule has 1 fully saturated rings. The fourth-order valence-corrected chi connectivity index (χ4v) is 2.39. The van der Waals surface area contributed by atoms with Crippen LogP contribution in [0, 0.1) is 12.3 Å². The van der Waals surface area contributed by atoms with E-state index in [4.69, 9.17) is 10.9 Å². The van der Waals surface area contributed by atoms with Gasteiger partial charge in [-0.05, 0) is 19.8 Å². The number of aromatic nitrogens is 2. The summed E-state index contributed by atoms with van der Waals surface area (Å²) in [5, 5.41) is 18.8. The molecule has 19 heavy (non-hydrogen) atoms. The van der Waals surface area contributed by atoms with Crippen LogP contribution in [-0.4, -0.2) is 26.7 Å². The Morgan fingerprint density at radius 1 is 1.68 bits per heavy atom. The molecule has 7 heteroatoms. The molecule has 1 aliphatic carbocycles. The van der Waals surface area contributed by atoms with Gasteiger partial charge in [0.1, 0.15) is 5.41 Å². The van der Waals surface area contributed by atoms with Gasteiger partial charge in [-0.3, -0.25) is 9.48 Å². The highest BCUT2D eigenvalue weighted by Gasteiger charge is 2.48. The summed E-state index contributed by atoms with van der Waals surface area (Å²) in [6, 6.07) is 0. The number of nitrogens with two attached hydrogens (primary N) is 1. The molecule has 0 aliphatic heterocycles. The van der Waals surface area contributed by atoms with Crippen LogP contribution < -0.4 is 11.1 Å². The van der Waals surface area contributed by atoms with Crippen molar-refractivity contribution in [1.29, 1.82) is 0 Å². The molecule has 104 valence electrons. The third-order valence-corrected chi connectivity index (χ3v) is 3.79. The van der Waals surface area contributed by atoms with Gasteiger partial charge in [0.15, 0.2) is 5.84 Å². The monoisotopic (exact) mass is 265 g/mol. The minimum atomic E-state index is -0.829. The average Bonchev–Trinajstić information content (AvgIpc) is 2.63. The van der Waals surface area contributed by atoms with E-state index in [2.05, 4.69) is 15.6 Å². The molecule has 0 aromatic carbocycles. The van der Waals surface area contributed by atoms with Gasteiger partial charge in [0.05, 0.1) is 5.69 Å². The predicted molar refractivity (Wildman–Crippen MR) is 69.5 cm³/mol. The zero-order chi connectivity index (χ0) is 14.0. The van der Waals surface area contributed by atoms with E-state index in [1.165, 1.54) is 0 Å². The van der Waals surface area contributed by atoms with Gasteiger partial charge in [-0.15, -0.1) is 0 Å². The van der Waals surface area contributed by atoms with Gasteiger partial charge in [0, 0.05) is 25.4 Å². The van der Waals surface area contributed by atoms with Crippen molar-refractivity contribution in [3.8, 4) is 0 Å². The lowest BCUT2D eigenvalue weighted by atomic mass is 9.67. The number of amidine groups is 1. The van der Waals surface area contributed by atoms with Crippen molar-refractivity contribution in [2.45, 2.75) is 32.7 Å². The van der Waals surface area contributed by atoms with Gasteiger partial charge in [-0.25, -0.2) is 0 Å². The molecule has 1 aromatic heterocycles. The second kappa shape index (κ2) is 4.91. The number of carbonyl (C=O) groups is 1. The van der Waals surface area contributed by atoms with Crippen LogP contribution in [0.1, 0.15) is 30.5 Å². The highest BCUT2D eigenvalue weighted by atomic mass is 16.4. The third-order valence-electron chi connectivity index (χ3n) is 3.79. The summed E-state index contributed by atoms with van der Waals surface area (Å²) >= 11 is 0. The molecule has 1 aromatic rings. The standard InChI is InChI=1S/C12H19N5O2/c1-8-9(7-17(2)15-8)6-14-11(18)12(4-3-5-12)10(13)16-19/h7,19H,3-6H2,1-2H3,(H2,13,16)(H,14,18). The van der Waals surface area contributed by atoms with Crippen LogP contribution in [0.15, 0.2) is 11.4 Å². The Balaban J connectivity index is 2.03. The van der Waals surface area contributed by atoms with Gasteiger partial charge < -0.3 is 16.3 Å². The van der Waals surface area contributed by atoms with Crippen molar-refractivity contribution in [2.75, 3.05) is 0 Å². The van der Waals surface area contributed by atoms with Crippen LogP contribution in [0.25, 0.3) is 0 Å². The molecule has 1 saturated carbocycles. The first kappa shape index (κ1) is 13.4. The Morgan fingerprint density at radius 2 is 2.37 bits per heavy atom. The lowest BCUT2D eigenvalue weighted by Crippen LogP contribution is -2.53. The summed E-state index contributed by atoms with van der Waals surface area (Å²) in [6.07, 6.45) is 4.03. The van der Waals surface area contributed by atoms with E-state index >= 15 is 0 Å². The first-order chi connectivity index (χ1) is 8.99. The second-order valence-electron chi connectivity index (χ2n) is 5.02. The van der Waals surface area contributed by atoms with Crippen molar-refractivity contribution < 1.29 is 10.0 Å². The number of carbonyl (C=O) groups excluding carboxylic acids is 1. The number of nitrogens with zero attached hydrogens (tertiary/aromatic N) is 3. The summed E-state index contributed by atoms with van der Waals surface area (Å²) in [5.41, 5.74) is 6.66. The maximum absolute atomic E-state index is 12.2. The highest BCUT2D eigenvalue weighted by molar-refractivity contribution is 6.07. The molecular formula is C12H19N5O2. The van der Waals surface area contributed by atoms with E-state index in [9.17, 15) is 4.79 Å². The molecule has 0 unspecified atom stereocenters. The minimum Gasteiger partial charge on any atom is -0.409 e. The Kier molecular flexibility index (Phi) is 3.46. The number of amides is 1. The largest absolute Gasteiger partial charge is 0.409 e. The molecule has 2 rings (SSSR count). The van der Waals surface area contributed by atoms with Crippen LogP contribution in [0.2, 0.25) is 0 Å². The van der Waals surface area contributed by atoms with Gasteiger partial charge in [0.2, 0.25) is 5.91 Å². The number of hydrogen-bond acceptors (Lipinski definition) is 4. The molecule has 0 saturated heterocycles. The number of rotatable bonds is 4. The molecule has 1 aliphatic rings. The average molecular weight is 265 g/mol. The lowest BCUT2D eigenvalue weighted by molar-refractivity contribution is -0.131. The Hall–Kier alpha value is -2.05. The maximum Gasteiger partial charge on any atom is 0.234 e. The molecule has 1 heterocycles. The summed E-state index contributed by atoms with van der Waals surface area (Å²) in [7, 11) is 1.84. The van der Waals surface area contributed by atoms with Crippen molar-refractivity contribution >= 4 is 11.7 Å². The normalized spacial score (nSPS) is 17.9. The minimum absolute atomic E-state index is 0.000779. The van der Waals surface area contributed by atoms with Crippen molar-refractivity contribution in [3.05, 3.63) is 17.5 Å². The first-order valence-corrected chi connectivity index (χ1v) is 6.25. The Labute approximate surface area is 111 Å². The van der Waals surface area contributed by atoms with Gasteiger partial charge in [-0.2, -0.15) is 5.10 Å². The van der Waals surface area contributed by atoms with E-state index in [1.807, 2.05) is 20.2 Å². The SMILES string of the molecule is Cc1nn(C)cc1CNC(=O)C1(/C(N)=N/O)CCC1. The number of oxime groups is 1. The third kappa shape index (κ3) is 2.27. The summed E-state index contributed by atoms with van der Waals surface area (Å²) in [5.74, 6) is -0.184. The van der Waals surface area contributed by atoms with Gasteiger partial charge >= 0.3 is 0 Å². The van der Waals surface area contributed by atoms with Gasteiger partial charge in [-0.1, -0.05) is 11.6 Å². The zero-order valence-corrected chi connectivity index (χ0v) is 11.2. The maximum atomic E-state index is 12.2. The lowest BCUT2D eigenvalue weighted by Gasteiger charge is -2.38. The number of hydrogen-bond donors (Lipinski definition) is 3. The van der Waals surface area contributed by atoms with Gasteiger partial charge in [0.25, 0.3) is 0 Å². The molecular weight excluding hydrogens is 246 g/mol. The summed E-state index contributed by atoms with van der Waals surface area (Å²) < 4.78 is 1.71. The van der Waals surface area contributed by atoms with Crippen molar-refractivity contribution in [1.82, 2.24) is 15.1 Å². The van der Waals surface area contributed by atoms with E-state index in [0.717, 1.165) is 17.7 Å². The fraction of sp³-hybridized carbons (Fsp3) is 0.583. The van der Waals surface area contributed by atoms with Crippen LogP contribution >= 0.6 is 0 Å². The van der Waals surface area contributed by atoms with Crippen LogP contribution in [0.3, 0.4) is 0 Å². The van der Waals surface area contributed by atoms with E-state index in [1.54, 1.807) is 4.68 Å². The topological polar surface area (TPSA) is 106 Å². The Bertz CT molecular complexity index is 516. The van der Waals surface area contributed by atoms with E-state index in [0.29, 0.717) is 19.4 Å². The predicted octanol–water partition coefficient (Wildman–Crippen LogP) is 0.261. The number of nitrogens with one attached hydrogen (secondary N) is 1. The Morgan fingerprint density at radius 3 is 2.79 bits per heavy atom. The summed E-state index contributed by atoms with van der Waals surface area (Å²) in [4.78, 5) is 12.2. The number of aryl methyl sites for hydroxylation is 2. The smallest absolute Gasteiger partial charge is 0.234 e. The van der Waals surface area contributed by atoms with Crippen LogP contribution in [0.5, 0.6) is 0 Å². The van der Waals surface area contributed by atoms with Crippen molar-refractivity contribution in [2.24, 2.45) is 23.4 Å². The molecule has 7 nitrogen and oxygen atoms in total. The highest BCUT2D eigenvalue weighted by Crippen LogP contribution is 2.41. The summed E-state index contributed by atoms with van der Waals surface area (Å²) in [6.45, 7) is 2.29. The first-order valence-electron chi connectivity index (χ1n) is 6.25. The van der Waals surface area contributed by atoms with E-state index < -0.39 is 5.41 Å². The van der Waals surface area contributed by atoms with Crippen LogP contribution in [-0.2, 0) is 18.4 Å². The molecule has 0 radical (unpaired) electrons.